The molecule has 2 aliphatic heterocycles. The van der Waals surface area contributed by atoms with Gasteiger partial charge in [-0.1, -0.05) is 49.9 Å². The van der Waals surface area contributed by atoms with Gasteiger partial charge in [0.1, 0.15) is 6.54 Å². The Kier molecular flexibility index (Phi) is 6.83. The van der Waals surface area contributed by atoms with Crippen LogP contribution in [0.5, 0.6) is 0 Å². The summed E-state index contributed by atoms with van der Waals surface area (Å²) in [6, 6.07) is 20.6. The van der Waals surface area contributed by atoms with E-state index in [9.17, 15) is 14.4 Å². The second-order valence-corrected chi connectivity index (χ2v) is 10.6. The van der Waals surface area contributed by atoms with Crippen LogP contribution in [-0.4, -0.2) is 42.3 Å². The van der Waals surface area contributed by atoms with E-state index in [-0.39, 0.29) is 24.3 Å². The van der Waals surface area contributed by atoms with Gasteiger partial charge in [-0.25, -0.2) is 0 Å². The van der Waals surface area contributed by atoms with Crippen LogP contribution in [0.1, 0.15) is 58.9 Å². The molecule has 1 saturated heterocycles. The highest BCUT2D eigenvalue weighted by atomic mass is 32.2. The Hall–Kier alpha value is -3.58. The molecule has 0 saturated carbocycles. The van der Waals surface area contributed by atoms with Crippen molar-refractivity contribution in [3.8, 4) is 0 Å². The molecule has 2 aliphatic rings. The number of benzene rings is 3. The molecule has 0 aromatic heterocycles. The maximum Gasteiger partial charge on any atom is 0.259 e. The minimum atomic E-state index is -0.299. The molecule has 3 aromatic rings. The predicted octanol–water partition coefficient (Wildman–Crippen LogP) is 5.80. The van der Waals surface area contributed by atoms with Gasteiger partial charge in [0.05, 0.1) is 11.3 Å². The van der Waals surface area contributed by atoms with Gasteiger partial charge in [-0.2, -0.15) is 0 Å². The lowest BCUT2D eigenvalue weighted by Gasteiger charge is -2.24. The SMILES string of the molecule is CC(C)c1ccc(NC(=O)CN2C(=O)c3ccccc3Sc3ccc(C(=O)N4CCCC4)cc32)cc1. The molecule has 3 aromatic carbocycles. The molecule has 5 rings (SSSR count). The zero-order chi connectivity index (χ0) is 25.2. The van der Waals surface area contributed by atoms with Crippen molar-refractivity contribution in [1.29, 1.82) is 0 Å². The van der Waals surface area contributed by atoms with Gasteiger partial charge in [0.15, 0.2) is 0 Å². The molecular formula is C29H29N3O3S. The Morgan fingerprint density at radius 3 is 2.39 bits per heavy atom. The Morgan fingerprint density at radius 2 is 1.67 bits per heavy atom. The van der Waals surface area contributed by atoms with Crippen molar-refractivity contribution in [1.82, 2.24) is 4.90 Å². The molecule has 0 unspecified atom stereocenters. The Bertz CT molecular complexity index is 1310. The highest BCUT2D eigenvalue weighted by molar-refractivity contribution is 7.99. The second kappa shape index (κ2) is 10.2. The maximum atomic E-state index is 13.7. The third-order valence-corrected chi connectivity index (χ3v) is 7.78. The molecule has 0 atom stereocenters. The van der Waals surface area contributed by atoms with Gasteiger partial charge < -0.3 is 10.2 Å². The van der Waals surface area contributed by atoms with E-state index < -0.39 is 0 Å². The van der Waals surface area contributed by atoms with Crippen LogP contribution >= 0.6 is 11.8 Å². The molecule has 0 bridgehead atoms. The Labute approximate surface area is 215 Å². The van der Waals surface area contributed by atoms with Crippen molar-refractivity contribution in [3.05, 3.63) is 83.4 Å². The fourth-order valence-electron chi connectivity index (χ4n) is 4.61. The van der Waals surface area contributed by atoms with E-state index in [1.807, 2.05) is 59.5 Å². The normalized spacial score (nSPS) is 14.9. The standard InChI is InChI=1S/C29H29N3O3S/c1-19(2)20-9-12-22(13-10-20)30-27(33)18-32-24-17-21(28(34)31-15-5-6-16-31)11-14-26(24)36-25-8-4-3-7-23(25)29(32)35/h3-4,7-14,17,19H,5-6,15-16,18H2,1-2H3,(H,30,33). The third kappa shape index (κ3) is 4.88. The second-order valence-electron chi connectivity index (χ2n) is 9.50. The largest absolute Gasteiger partial charge is 0.339 e. The van der Waals surface area contributed by atoms with Crippen molar-refractivity contribution in [3.63, 3.8) is 0 Å². The van der Waals surface area contributed by atoms with Crippen LogP contribution in [0.3, 0.4) is 0 Å². The summed E-state index contributed by atoms with van der Waals surface area (Å²) in [6.07, 6.45) is 2.01. The lowest BCUT2D eigenvalue weighted by Crippen LogP contribution is -2.38. The minimum Gasteiger partial charge on any atom is -0.339 e. The number of rotatable bonds is 5. The highest BCUT2D eigenvalue weighted by Gasteiger charge is 2.30. The average molecular weight is 500 g/mol. The quantitative estimate of drug-likeness (QED) is 0.482. The van der Waals surface area contributed by atoms with E-state index in [0.717, 1.165) is 35.7 Å². The smallest absolute Gasteiger partial charge is 0.259 e. The zero-order valence-electron chi connectivity index (χ0n) is 20.5. The number of amides is 3. The molecule has 0 radical (unpaired) electrons. The lowest BCUT2D eigenvalue weighted by atomic mass is 10.0. The molecule has 7 heteroatoms. The molecule has 1 fully saturated rings. The number of carbonyl (C=O) groups is 3. The first-order valence-corrected chi connectivity index (χ1v) is 13.1. The molecule has 0 aliphatic carbocycles. The van der Waals surface area contributed by atoms with Crippen molar-refractivity contribution in [2.24, 2.45) is 0 Å². The number of hydrogen-bond acceptors (Lipinski definition) is 4. The predicted molar refractivity (Wildman–Crippen MR) is 143 cm³/mol. The van der Waals surface area contributed by atoms with E-state index in [1.165, 1.54) is 22.2 Å². The van der Waals surface area contributed by atoms with E-state index in [4.69, 9.17) is 0 Å². The number of carbonyl (C=O) groups excluding carboxylic acids is 3. The summed E-state index contributed by atoms with van der Waals surface area (Å²) in [5.74, 6) is -0.194. The summed E-state index contributed by atoms with van der Waals surface area (Å²) in [6.45, 7) is 5.57. The van der Waals surface area contributed by atoms with Crippen LogP contribution in [0.2, 0.25) is 0 Å². The van der Waals surface area contributed by atoms with Crippen LogP contribution in [0.25, 0.3) is 0 Å². The van der Waals surface area contributed by atoms with Crippen molar-refractivity contribution < 1.29 is 14.4 Å². The number of hydrogen-bond donors (Lipinski definition) is 1. The van der Waals surface area contributed by atoms with Gasteiger partial charge in [-0.3, -0.25) is 19.3 Å². The van der Waals surface area contributed by atoms with Crippen molar-refractivity contribution in [2.45, 2.75) is 42.4 Å². The van der Waals surface area contributed by atoms with Gasteiger partial charge in [0.2, 0.25) is 5.91 Å². The molecule has 184 valence electrons. The fourth-order valence-corrected chi connectivity index (χ4v) is 5.67. The first-order chi connectivity index (χ1) is 17.4. The zero-order valence-corrected chi connectivity index (χ0v) is 21.3. The molecule has 3 amide bonds. The minimum absolute atomic E-state index is 0.0378. The van der Waals surface area contributed by atoms with E-state index in [1.54, 1.807) is 12.1 Å². The van der Waals surface area contributed by atoms with Crippen LogP contribution < -0.4 is 10.2 Å². The summed E-state index contributed by atoms with van der Waals surface area (Å²) in [5, 5.41) is 2.92. The first-order valence-electron chi connectivity index (χ1n) is 12.3. The van der Waals surface area contributed by atoms with Crippen molar-refractivity contribution in [2.75, 3.05) is 29.9 Å². The summed E-state index contributed by atoms with van der Waals surface area (Å²) in [5.41, 5.74) is 3.52. The molecule has 6 nitrogen and oxygen atoms in total. The molecule has 0 spiro atoms. The first kappa shape index (κ1) is 24.1. The highest BCUT2D eigenvalue weighted by Crippen LogP contribution is 2.42. The summed E-state index contributed by atoms with van der Waals surface area (Å²) in [7, 11) is 0. The average Bonchev–Trinajstić information content (AvgIpc) is 3.39. The number of nitrogens with one attached hydrogen (secondary N) is 1. The van der Waals surface area contributed by atoms with Gasteiger partial charge in [0.25, 0.3) is 11.8 Å². The topological polar surface area (TPSA) is 69.7 Å². The maximum absolute atomic E-state index is 13.7. The van der Waals surface area contributed by atoms with E-state index in [0.29, 0.717) is 28.4 Å². The van der Waals surface area contributed by atoms with E-state index >= 15 is 0 Å². The van der Waals surface area contributed by atoms with E-state index in [2.05, 4.69) is 19.2 Å². The Morgan fingerprint density at radius 1 is 0.944 bits per heavy atom. The van der Waals surface area contributed by atoms with Crippen LogP contribution in [0.4, 0.5) is 11.4 Å². The summed E-state index contributed by atoms with van der Waals surface area (Å²) < 4.78 is 0. The fraction of sp³-hybridized carbons (Fsp3) is 0.276. The molecule has 36 heavy (non-hydrogen) atoms. The van der Waals surface area contributed by atoms with Crippen LogP contribution in [0.15, 0.2) is 76.5 Å². The van der Waals surface area contributed by atoms with Gasteiger partial charge in [-0.15, -0.1) is 0 Å². The number of fused-ring (bicyclic) bond motifs is 2. The number of nitrogens with zero attached hydrogens (tertiary/aromatic N) is 2. The lowest BCUT2D eigenvalue weighted by molar-refractivity contribution is -0.114. The van der Waals surface area contributed by atoms with Gasteiger partial charge in [-0.05, 0) is 66.8 Å². The summed E-state index contributed by atoms with van der Waals surface area (Å²) >= 11 is 1.48. The van der Waals surface area contributed by atoms with Crippen LogP contribution in [-0.2, 0) is 4.79 Å². The van der Waals surface area contributed by atoms with Gasteiger partial charge >= 0.3 is 0 Å². The third-order valence-electron chi connectivity index (χ3n) is 6.64. The molecule has 1 N–H and O–H groups in total. The Balaban J connectivity index is 1.46. The van der Waals surface area contributed by atoms with Gasteiger partial charge in [0, 0.05) is 34.1 Å². The van der Waals surface area contributed by atoms with Crippen molar-refractivity contribution >= 4 is 40.9 Å². The number of likely N-dealkylation sites (tertiary alicyclic amines) is 1. The number of anilines is 2. The summed E-state index contributed by atoms with van der Waals surface area (Å²) in [4.78, 5) is 44.9. The monoisotopic (exact) mass is 499 g/mol. The molecular weight excluding hydrogens is 470 g/mol. The molecule has 2 heterocycles. The van der Waals surface area contributed by atoms with Crippen LogP contribution in [0, 0.1) is 0 Å².